The molecule has 1 fully saturated rings. The second-order valence-corrected chi connectivity index (χ2v) is 6.32. The minimum absolute atomic E-state index is 0.0273. The average molecular weight is 355 g/mol. The molecule has 1 amide bonds. The Kier molecular flexibility index (Phi) is 3.47. The van der Waals surface area contributed by atoms with E-state index < -0.39 is 5.97 Å². The number of halogens is 1. The molecule has 1 saturated heterocycles. The number of amides is 1. The monoisotopic (exact) mass is 354 g/mol. The topological polar surface area (TPSA) is 70.5 Å². The van der Waals surface area contributed by atoms with E-state index >= 15 is 0 Å². The van der Waals surface area contributed by atoms with Gasteiger partial charge in [-0.3, -0.25) is 4.79 Å². The molecule has 1 N–H and O–H groups in total. The Hall–Kier alpha value is -1.47. The number of thiophene rings is 1. The largest absolute Gasteiger partial charge is 0.477 e. The summed E-state index contributed by atoms with van der Waals surface area (Å²) < 4.78 is 0. The van der Waals surface area contributed by atoms with Crippen LogP contribution in [0.1, 0.15) is 16.1 Å². The van der Waals surface area contributed by atoms with Gasteiger partial charge in [0.1, 0.15) is 9.71 Å². The summed E-state index contributed by atoms with van der Waals surface area (Å²) in [7, 11) is 0. The van der Waals surface area contributed by atoms with Crippen LogP contribution in [0.4, 0.5) is 5.69 Å². The average Bonchev–Trinajstić information content (AvgIpc) is 2.98. The molecule has 3 rings (SSSR count). The second-order valence-electron chi connectivity index (χ2n) is 4.67. The van der Waals surface area contributed by atoms with Crippen LogP contribution >= 0.6 is 27.3 Å². The summed E-state index contributed by atoms with van der Waals surface area (Å²) in [6, 6.07) is 3.57. The lowest BCUT2D eigenvalue weighted by atomic mass is 10.2. The van der Waals surface area contributed by atoms with Crippen molar-refractivity contribution >= 4 is 55.0 Å². The summed E-state index contributed by atoms with van der Waals surface area (Å²) in [6.07, 6.45) is 2.07. The molecule has 2 aromatic rings. The van der Waals surface area contributed by atoms with Gasteiger partial charge < -0.3 is 10.0 Å². The molecule has 0 bridgehead atoms. The predicted octanol–water partition coefficient (Wildman–Crippen LogP) is 2.74. The zero-order chi connectivity index (χ0) is 14.3. The normalized spacial score (nSPS) is 18.9. The van der Waals surface area contributed by atoms with Gasteiger partial charge in [-0.1, -0.05) is 15.9 Å². The van der Waals surface area contributed by atoms with E-state index in [1.807, 2.05) is 6.07 Å². The Bertz CT molecular complexity index is 700. The standard InChI is InChI=1S/C13H11BrN2O3S/c14-5-7-4-9(17)16(6-7)10-8-2-1-3-15-12(8)20-11(10)13(18)19/h1-3,7H,4-6H2,(H,18,19). The van der Waals surface area contributed by atoms with Gasteiger partial charge in [-0.2, -0.15) is 0 Å². The van der Waals surface area contributed by atoms with Gasteiger partial charge in [-0.05, 0) is 18.1 Å². The molecule has 0 aliphatic carbocycles. The van der Waals surface area contributed by atoms with Gasteiger partial charge in [0.15, 0.2) is 0 Å². The number of carboxylic acid groups (broad SMARTS) is 1. The number of aromatic carboxylic acids is 1. The van der Waals surface area contributed by atoms with E-state index in [0.29, 0.717) is 23.5 Å². The van der Waals surface area contributed by atoms with Crippen LogP contribution in [0, 0.1) is 5.92 Å². The zero-order valence-corrected chi connectivity index (χ0v) is 12.8. The van der Waals surface area contributed by atoms with Crippen LogP contribution in [0.15, 0.2) is 18.3 Å². The number of carbonyl (C=O) groups excluding carboxylic acids is 1. The number of alkyl halides is 1. The third-order valence-corrected chi connectivity index (χ3v) is 5.33. The molecule has 0 radical (unpaired) electrons. The SMILES string of the molecule is O=C(O)c1sc2ncccc2c1N1CC(CBr)CC1=O. The lowest BCUT2D eigenvalue weighted by Gasteiger charge is -2.16. The molecule has 1 aliphatic heterocycles. The van der Waals surface area contributed by atoms with Crippen molar-refractivity contribution in [1.29, 1.82) is 0 Å². The molecular weight excluding hydrogens is 344 g/mol. The lowest BCUT2D eigenvalue weighted by Crippen LogP contribution is -2.26. The number of nitrogens with zero attached hydrogens (tertiary/aromatic N) is 2. The minimum atomic E-state index is -1.02. The number of pyridine rings is 1. The summed E-state index contributed by atoms with van der Waals surface area (Å²) in [5.41, 5.74) is 0.499. The molecule has 0 spiro atoms. The zero-order valence-electron chi connectivity index (χ0n) is 10.4. The van der Waals surface area contributed by atoms with Gasteiger partial charge in [-0.15, -0.1) is 11.3 Å². The fraction of sp³-hybridized carbons (Fsp3) is 0.308. The molecule has 104 valence electrons. The van der Waals surface area contributed by atoms with Crippen molar-refractivity contribution in [1.82, 2.24) is 4.98 Å². The fourth-order valence-corrected chi connectivity index (χ4v) is 3.85. The highest BCUT2D eigenvalue weighted by Crippen LogP contribution is 2.40. The number of fused-ring (bicyclic) bond motifs is 1. The maximum atomic E-state index is 12.2. The molecule has 5 nitrogen and oxygen atoms in total. The predicted molar refractivity (Wildman–Crippen MR) is 80.8 cm³/mol. The number of hydrogen-bond donors (Lipinski definition) is 1. The Morgan fingerprint density at radius 2 is 2.40 bits per heavy atom. The second kappa shape index (κ2) is 5.14. The highest BCUT2D eigenvalue weighted by atomic mass is 79.9. The molecule has 20 heavy (non-hydrogen) atoms. The van der Waals surface area contributed by atoms with Crippen molar-refractivity contribution < 1.29 is 14.7 Å². The third-order valence-electron chi connectivity index (χ3n) is 3.33. The van der Waals surface area contributed by atoms with Crippen LogP contribution in [0.25, 0.3) is 10.2 Å². The summed E-state index contributed by atoms with van der Waals surface area (Å²) in [4.78, 5) is 30.2. The van der Waals surface area contributed by atoms with E-state index in [9.17, 15) is 14.7 Å². The van der Waals surface area contributed by atoms with Crippen LogP contribution in [0.5, 0.6) is 0 Å². The van der Waals surface area contributed by atoms with E-state index in [-0.39, 0.29) is 16.7 Å². The molecule has 7 heteroatoms. The Balaban J connectivity index is 2.17. The molecule has 2 aromatic heterocycles. The summed E-state index contributed by atoms with van der Waals surface area (Å²) in [6.45, 7) is 0.547. The minimum Gasteiger partial charge on any atom is -0.477 e. The van der Waals surface area contributed by atoms with Crippen LogP contribution < -0.4 is 4.90 Å². The smallest absolute Gasteiger partial charge is 0.348 e. The van der Waals surface area contributed by atoms with Crippen molar-refractivity contribution in [2.75, 3.05) is 16.8 Å². The molecule has 1 atom stereocenters. The summed E-state index contributed by atoms with van der Waals surface area (Å²) in [5.74, 6) is -0.825. The van der Waals surface area contributed by atoms with Crippen molar-refractivity contribution in [3.63, 3.8) is 0 Å². The van der Waals surface area contributed by atoms with Crippen LogP contribution in [-0.4, -0.2) is 33.8 Å². The molecule has 1 aliphatic rings. The number of aromatic nitrogens is 1. The maximum Gasteiger partial charge on any atom is 0.348 e. The lowest BCUT2D eigenvalue weighted by molar-refractivity contribution is -0.117. The maximum absolute atomic E-state index is 12.2. The number of carbonyl (C=O) groups is 2. The molecule has 0 aromatic carbocycles. The van der Waals surface area contributed by atoms with E-state index in [1.165, 1.54) is 0 Å². The number of rotatable bonds is 3. The van der Waals surface area contributed by atoms with Crippen molar-refractivity contribution in [2.45, 2.75) is 6.42 Å². The van der Waals surface area contributed by atoms with Crippen LogP contribution in [0.2, 0.25) is 0 Å². The molecular formula is C13H11BrN2O3S. The molecule has 1 unspecified atom stereocenters. The summed E-state index contributed by atoms with van der Waals surface area (Å²) in [5, 5.41) is 10.8. The first-order chi connectivity index (χ1) is 9.61. The fourth-order valence-electron chi connectivity index (χ4n) is 2.43. The quantitative estimate of drug-likeness (QED) is 0.860. The first-order valence-electron chi connectivity index (χ1n) is 6.09. The van der Waals surface area contributed by atoms with E-state index in [0.717, 1.165) is 22.1 Å². The number of carboxylic acids is 1. The van der Waals surface area contributed by atoms with Gasteiger partial charge in [-0.25, -0.2) is 9.78 Å². The van der Waals surface area contributed by atoms with E-state index in [2.05, 4.69) is 20.9 Å². The van der Waals surface area contributed by atoms with Gasteiger partial charge in [0.25, 0.3) is 0 Å². The van der Waals surface area contributed by atoms with Gasteiger partial charge in [0.2, 0.25) is 5.91 Å². The van der Waals surface area contributed by atoms with Crippen LogP contribution in [-0.2, 0) is 4.79 Å². The Morgan fingerprint density at radius 1 is 1.60 bits per heavy atom. The number of hydrogen-bond acceptors (Lipinski definition) is 4. The van der Waals surface area contributed by atoms with Crippen molar-refractivity contribution in [3.8, 4) is 0 Å². The highest BCUT2D eigenvalue weighted by molar-refractivity contribution is 9.09. The molecule has 0 saturated carbocycles. The first-order valence-corrected chi connectivity index (χ1v) is 8.02. The van der Waals surface area contributed by atoms with Crippen LogP contribution in [0.3, 0.4) is 0 Å². The van der Waals surface area contributed by atoms with Gasteiger partial charge in [0, 0.05) is 29.9 Å². The first kappa shape index (κ1) is 13.5. The number of anilines is 1. The van der Waals surface area contributed by atoms with E-state index in [4.69, 9.17) is 0 Å². The Labute approximate surface area is 127 Å². The van der Waals surface area contributed by atoms with Crippen molar-refractivity contribution in [2.24, 2.45) is 5.92 Å². The van der Waals surface area contributed by atoms with E-state index in [1.54, 1.807) is 17.2 Å². The highest BCUT2D eigenvalue weighted by Gasteiger charge is 2.34. The van der Waals surface area contributed by atoms with Gasteiger partial charge in [0.05, 0.1) is 5.69 Å². The molecule has 3 heterocycles. The van der Waals surface area contributed by atoms with Crippen molar-refractivity contribution in [3.05, 3.63) is 23.2 Å². The summed E-state index contributed by atoms with van der Waals surface area (Å²) >= 11 is 4.50. The van der Waals surface area contributed by atoms with Gasteiger partial charge >= 0.3 is 5.97 Å². The Morgan fingerprint density at radius 3 is 3.05 bits per heavy atom. The third kappa shape index (κ3) is 2.10.